The topological polar surface area (TPSA) is 15.3 Å². The van der Waals surface area contributed by atoms with Gasteiger partial charge in [0.1, 0.15) is 0 Å². The Bertz CT molecular complexity index is 376. The summed E-state index contributed by atoms with van der Waals surface area (Å²) in [6.07, 6.45) is 3.98. The fraction of sp³-hybridized carbons (Fsp3) is 0.625. The number of hydrogen-bond acceptors (Lipinski definition) is 2. The molecule has 0 aromatic heterocycles. The molecule has 2 aliphatic rings. The van der Waals surface area contributed by atoms with Crippen molar-refractivity contribution >= 4 is 0 Å². The molecule has 2 saturated heterocycles. The zero-order valence-corrected chi connectivity index (χ0v) is 11.3. The number of piperidine rings is 1. The second-order valence-electron chi connectivity index (χ2n) is 5.92. The number of nitrogens with zero attached hydrogens (tertiary/aromatic N) is 1. The second kappa shape index (κ2) is 5.41. The summed E-state index contributed by atoms with van der Waals surface area (Å²) in [6, 6.07) is 12.5. The van der Waals surface area contributed by atoms with Crippen molar-refractivity contribution in [3.8, 4) is 0 Å². The zero-order chi connectivity index (χ0) is 12.4. The molecule has 0 aliphatic carbocycles. The lowest BCUT2D eigenvalue weighted by molar-refractivity contribution is 0.177. The average Bonchev–Trinajstić information content (AvgIpc) is 2.89. The average molecular weight is 244 g/mol. The molecule has 18 heavy (non-hydrogen) atoms. The maximum Gasteiger partial charge on any atom is 0.0122 e. The van der Waals surface area contributed by atoms with Crippen molar-refractivity contribution in [3.63, 3.8) is 0 Å². The van der Waals surface area contributed by atoms with Crippen LogP contribution in [0.1, 0.15) is 37.7 Å². The van der Waals surface area contributed by atoms with Crippen molar-refractivity contribution in [1.82, 2.24) is 10.2 Å². The van der Waals surface area contributed by atoms with Crippen LogP contribution in [0.3, 0.4) is 0 Å². The zero-order valence-electron chi connectivity index (χ0n) is 11.3. The maximum atomic E-state index is 3.55. The molecule has 2 aliphatic heterocycles. The number of benzene rings is 1. The molecule has 1 aromatic carbocycles. The van der Waals surface area contributed by atoms with E-state index in [1.54, 1.807) is 0 Å². The normalized spacial score (nSPS) is 33.7. The molecular formula is C16H24N2. The molecule has 2 fully saturated rings. The van der Waals surface area contributed by atoms with Gasteiger partial charge in [-0.05, 0) is 50.8 Å². The van der Waals surface area contributed by atoms with Gasteiger partial charge >= 0.3 is 0 Å². The summed E-state index contributed by atoms with van der Waals surface area (Å²) in [4.78, 5) is 2.73. The standard InChI is InChI=1S/C16H24N2/c1-13-11-16(7-9-17-13)18-10-8-15(12-18)14-5-3-2-4-6-14/h2-6,13,15-17H,7-12H2,1H3. The molecule has 2 nitrogen and oxygen atoms in total. The number of nitrogens with one attached hydrogen (secondary N) is 1. The summed E-state index contributed by atoms with van der Waals surface area (Å²) in [7, 11) is 0. The van der Waals surface area contributed by atoms with Gasteiger partial charge in [0.15, 0.2) is 0 Å². The summed E-state index contributed by atoms with van der Waals surface area (Å²) in [5, 5.41) is 3.55. The van der Waals surface area contributed by atoms with Crippen LogP contribution in [0.4, 0.5) is 0 Å². The first-order valence-corrected chi connectivity index (χ1v) is 7.35. The van der Waals surface area contributed by atoms with Gasteiger partial charge in [-0.1, -0.05) is 30.3 Å². The Morgan fingerprint density at radius 1 is 1.17 bits per heavy atom. The van der Waals surface area contributed by atoms with Gasteiger partial charge in [0, 0.05) is 18.6 Å². The second-order valence-corrected chi connectivity index (χ2v) is 5.92. The van der Waals surface area contributed by atoms with Crippen LogP contribution < -0.4 is 5.32 Å². The van der Waals surface area contributed by atoms with Gasteiger partial charge in [-0.3, -0.25) is 4.90 Å². The van der Waals surface area contributed by atoms with E-state index in [9.17, 15) is 0 Å². The van der Waals surface area contributed by atoms with Crippen LogP contribution in [0.5, 0.6) is 0 Å². The highest BCUT2D eigenvalue weighted by Gasteiger charge is 2.31. The Morgan fingerprint density at radius 3 is 2.78 bits per heavy atom. The van der Waals surface area contributed by atoms with Crippen molar-refractivity contribution in [2.75, 3.05) is 19.6 Å². The van der Waals surface area contributed by atoms with Gasteiger partial charge < -0.3 is 5.32 Å². The van der Waals surface area contributed by atoms with E-state index in [4.69, 9.17) is 0 Å². The lowest BCUT2D eigenvalue weighted by Gasteiger charge is -2.34. The molecular weight excluding hydrogens is 220 g/mol. The first-order valence-electron chi connectivity index (χ1n) is 7.35. The molecule has 3 atom stereocenters. The van der Waals surface area contributed by atoms with Crippen molar-refractivity contribution in [2.45, 2.75) is 44.2 Å². The molecule has 3 unspecified atom stereocenters. The highest BCUT2D eigenvalue weighted by atomic mass is 15.2. The molecule has 3 rings (SSSR count). The number of likely N-dealkylation sites (tertiary alicyclic amines) is 1. The van der Waals surface area contributed by atoms with Crippen molar-refractivity contribution in [1.29, 1.82) is 0 Å². The Morgan fingerprint density at radius 2 is 2.00 bits per heavy atom. The van der Waals surface area contributed by atoms with E-state index in [2.05, 4.69) is 47.5 Å². The number of rotatable bonds is 2. The summed E-state index contributed by atoms with van der Waals surface area (Å²) in [6.45, 7) is 6.06. The molecule has 0 spiro atoms. The highest BCUT2D eigenvalue weighted by molar-refractivity contribution is 5.21. The third kappa shape index (κ3) is 2.60. The molecule has 1 aromatic rings. The first kappa shape index (κ1) is 12.2. The molecule has 98 valence electrons. The Kier molecular flexibility index (Phi) is 3.67. The monoisotopic (exact) mass is 244 g/mol. The summed E-state index contributed by atoms with van der Waals surface area (Å²) in [5.74, 6) is 0.761. The molecule has 0 radical (unpaired) electrons. The van der Waals surface area contributed by atoms with Crippen LogP contribution in [0.15, 0.2) is 30.3 Å². The van der Waals surface area contributed by atoms with Gasteiger partial charge in [0.25, 0.3) is 0 Å². The van der Waals surface area contributed by atoms with E-state index >= 15 is 0 Å². The van der Waals surface area contributed by atoms with E-state index < -0.39 is 0 Å². The van der Waals surface area contributed by atoms with Gasteiger partial charge in [-0.15, -0.1) is 0 Å². The lowest BCUT2D eigenvalue weighted by Crippen LogP contribution is -2.46. The maximum absolute atomic E-state index is 3.55. The Labute approximate surface area is 110 Å². The van der Waals surface area contributed by atoms with Crippen LogP contribution >= 0.6 is 0 Å². The third-order valence-electron chi connectivity index (χ3n) is 4.60. The fourth-order valence-electron chi connectivity index (χ4n) is 3.55. The smallest absolute Gasteiger partial charge is 0.0122 e. The van der Waals surface area contributed by atoms with Gasteiger partial charge in [0.2, 0.25) is 0 Å². The van der Waals surface area contributed by atoms with E-state index in [0.29, 0.717) is 6.04 Å². The largest absolute Gasteiger partial charge is 0.314 e. The van der Waals surface area contributed by atoms with Crippen molar-refractivity contribution < 1.29 is 0 Å². The fourth-order valence-corrected chi connectivity index (χ4v) is 3.55. The van der Waals surface area contributed by atoms with E-state index in [1.807, 2.05) is 0 Å². The van der Waals surface area contributed by atoms with Crippen LogP contribution in [0.25, 0.3) is 0 Å². The molecule has 0 bridgehead atoms. The van der Waals surface area contributed by atoms with Crippen molar-refractivity contribution in [3.05, 3.63) is 35.9 Å². The van der Waals surface area contributed by atoms with Crippen molar-refractivity contribution in [2.24, 2.45) is 0 Å². The van der Waals surface area contributed by atoms with Gasteiger partial charge in [-0.2, -0.15) is 0 Å². The minimum absolute atomic E-state index is 0.694. The molecule has 0 amide bonds. The summed E-state index contributed by atoms with van der Waals surface area (Å²) in [5.41, 5.74) is 1.53. The van der Waals surface area contributed by atoms with Gasteiger partial charge in [-0.25, -0.2) is 0 Å². The molecule has 2 heterocycles. The predicted molar refractivity (Wildman–Crippen MR) is 75.9 cm³/mol. The predicted octanol–water partition coefficient (Wildman–Crippen LogP) is 2.62. The van der Waals surface area contributed by atoms with Crippen LogP contribution in [-0.2, 0) is 0 Å². The van der Waals surface area contributed by atoms with E-state index in [-0.39, 0.29) is 0 Å². The highest BCUT2D eigenvalue weighted by Crippen LogP contribution is 2.30. The number of hydrogen-bond donors (Lipinski definition) is 1. The quantitative estimate of drug-likeness (QED) is 0.860. The van der Waals surface area contributed by atoms with Crippen LogP contribution in [0, 0.1) is 0 Å². The summed E-state index contributed by atoms with van der Waals surface area (Å²) < 4.78 is 0. The minimum Gasteiger partial charge on any atom is -0.314 e. The summed E-state index contributed by atoms with van der Waals surface area (Å²) >= 11 is 0. The van der Waals surface area contributed by atoms with Gasteiger partial charge in [0.05, 0.1) is 0 Å². The van der Waals surface area contributed by atoms with Crippen LogP contribution in [-0.4, -0.2) is 36.6 Å². The van der Waals surface area contributed by atoms with Crippen LogP contribution in [0.2, 0.25) is 0 Å². The Balaban J connectivity index is 1.61. The molecule has 1 N–H and O–H groups in total. The molecule has 0 saturated carbocycles. The molecule has 2 heteroatoms. The van der Waals surface area contributed by atoms with E-state index in [0.717, 1.165) is 12.0 Å². The first-order chi connectivity index (χ1) is 8.83. The Hall–Kier alpha value is -0.860. The lowest BCUT2D eigenvalue weighted by atomic mass is 9.97. The van der Waals surface area contributed by atoms with E-state index in [1.165, 1.54) is 44.5 Å². The third-order valence-corrected chi connectivity index (χ3v) is 4.60. The minimum atomic E-state index is 0.694. The SMILES string of the molecule is CC1CC(N2CCC(c3ccccc3)C2)CCN1.